The van der Waals surface area contributed by atoms with E-state index in [0.717, 1.165) is 31.8 Å². The van der Waals surface area contributed by atoms with Gasteiger partial charge in [0.1, 0.15) is 5.82 Å². The highest BCUT2D eigenvalue weighted by atomic mass is 35.5. The second-order valence-electron chi connectivity index (χ2n) is 5.07. The number of nitrogens with one attached hydrogen (secondary N) is 2. The number of amides is 1. The molecule has 0 aliphatic carbocycles. The van der Waals surface area contributed by atoms with E-state index in [4.69, 9.17) is 4.74 Å². The van der Waals surface area contributed by atoms with Crippen LogP contribution >= 0.6 is 12.4 Å². The third kappa shape index (κ3) is 4.77. The van der Waals surface area contributed by atoms with Crippen LogP contribution in [-0.4, -0.2) is 41.5 Å². The van der Waals surface area contributed by atoms with Crippen LogP contribution < -0.4 is 10.6 Å². The summed E-state index contributed by atoms with van der Waals surface area (Å²) in [5.74, 6) is 0.680. The van der Waals surface area contributed by atoms with Crippen molar-refractivity contribution in [2.45, 2.75) is 38.8 Å². The molecule has 6 nitrogen and oxygen atoms in total. The molecular weight excluding hydrogens is 280 g/mol. The number of ether oxygens (including phenoxy) is 1. The van der Waals surface area contributed by atoms with Gasteiger partial charge in [0, 0.05) is 25.3 Å². The Kier molecular flexibility index (Phi) is 6.98. The zero-order chi connectivity index (χ0) is 13.7. The standard InChI is InChI=1S/C13H22N4O2.ClH/c1-10(2)17-12(5-6-15-17)16-13(18)9-14-8-11-4-3-7-19-11;/h5-6,10-11,14H,3-4,7-9H2,1-2H3,(H,16,18);1H. The van der Waals surface area contributed by atoms with E-state index >= 15 is 0 Å². The smallest absolute Gasteiger partial charge is 0.239 e. The monoisotopic (exact) mass is 302 g/mol. The Labute approximate surface area is 125 Å². The van der Waals surface area contributed by atoms with E-state index in [1.807, 2.05) is 13.8 Å². The van der Waals surface area contributed by atoms with Gasteiger partial charge >= 0.3 is 0 Å². The highest BCUT2D eigenvalue weighted by Crippen LogP contribution is 2.13. The van der Waals surface area contributed by atoms with E-state index in [-0.39, 0.29) is 30.5 Å². The van der Waals surface area contributed by atoms with Crippen molar-refractivity contribution < 1.29 is 9.53 Å². The van der Waals surface area contributed by atoms with E-state index in [1.165, 1.54) is 0 Å². The van der Waals surface area contributed by atoms with E-state index in [0.29, 0.717) is 6.54 Å². The Balaban J connectivity index is 0.00000200. The van der Waals surface area contributed by atoms with Gasteiger partial charge in [-0.15, -0.1) is 12.4 Å². The first-order valence-corrected chi connectivity index (χ1v) is 6.82. The summed E-state index contributed by atoms with van der Waals surface area (Å²) in [5, 5.41) is 10.2. The van der Waals surface area contributed by atoms with Crippen molar-refractivity contribution in [3.8, 4) is 0 Å². The number of anilines is 1. The topological polar surface area (TPSA) is 68.2 Å². The Hall–Kier alpha value is -1.11. The van der Waals surface area contributed by atoms with E-state index in [2.05, 4.69) is 15.7 Å². The molecule has 0 radical (unpaired) electrons. The van der Waals surface area contributed by atoms with Crippen LogP contribution in [0.1, 0.15) is 32.7 Å². The molecule has 7 heteroatoms. The molecule has 2 rings (SSSR count). The molecule has 2 heterocycles. The molecule has 1 amide bonds. The second-order valence-corrected chi connectivity index (χ2v) is 5.07. The lowest BCUT2D eigenvalue weighted by atomic mass is 10.2. The van der Waals surface area contributed by atoms with Crippen LogP contribution in [0.3, 0.4) is 0 Å². The average Bonchev–Trinajstić information content (AvgIpc) is 2.99. The van der Waals surface area contributed by atoms with Crippen molar-refractivity contribution in [2.24, 2.45) is 0 Å². The molecule has 20 heavy (non-hydrogen) atoms. The Bertz CT molecular complexity index is 416. The first kappa shape index (κ1) is 16.9. The minimum atomic E-state index is -0.0552. The summed E-state index contributed by atoms with van der Waals surface area (Å²) in [5.41, 5.74) is 0. The van der Waals surface area contributed by atoms with Crippen LogP contribution in [0.25, 0.3) is 0 Å². The van der Waals surface area contributed by atoms with E-state index in [1.54, 1.807) is 16.9 Å². The number of carbonyl (C=O) groups excluding carboxylic acids is 1. The van der Waals surface area contributed by atoms with Crippen molar-refractivity contribution in [1.82, 2.24) is 15.1 Å². The lowest BCUT2D eigenvalue weighted by molar-refractivity contribution is -0.115. The number of nitrogens with zero attached hydrogens (tertiary/aromatic N) is 2. The predicted octanol–water partition coefficient (Wildman–Crippen LogP) is 1.59. The van der Waals surface area contributed by atoms with Gasteiger partial charge in [-0.2, -0.15) is 5.10 Å². The third-order valence-corrected chi connectivity index (χ3v) is 3.11. The summed E-state index contributed by atoms with van der Waals surface area (Å²) in [4.78, 5) is 11.8. The molecule has 0 spiro atoms. The molecule has 1 aromatic heterocycles. The Morgan fingerprint density at radius 1 is 1.60 bits per heavy atom. The zero-order valence-electron chi connectivity index (χ0n) is 12.0. The van der Waals surface area contributed by atoms with Gasteiger partial charge in [0.05, 0.1) is 18.8 Å². The summed E-state index contributed by atoms with van der Waals surface area (Å²) < 4.78 is 7.27. The maximum Gasteiger partial charge on any atom is 0.239 e. The van der Waals surface area contributed by atoms with Gasteiger partial charge in [0.2, 0.25) is 5.91 Å². The number of hydrogen-bond donors (Lipinski definition) is 2. The highest BCUT2D eigenvalue weighted by molar-refractivity contribution is 5.91. The fraction of sp³-hybridized carbons (Fsp3) is 0.692. The van der Waals surface area contributed by atoms with Crippen molar-refractivity contribution in [3.05, 3.63) is 12.3 Å². The molecule has 1 atom stereocenters. The Morgan fingerprint density at radius 3 is 3.05 bits per heavy atom. The largest absolute Gasteiger partial charge is 0.377 e. The molecule has 0 saturated carbocycles. The quantitative estimate of drug-likeness (QED) is 0.837. The number of halogens is 1. The van der Waals surface area contributed by atoms with Crippen molar-refractivity contribution in [2.75, 3.05) is 25.0 Å². The summed E-state index contributed by atoms with van der Waals surface area (Å²) in [6.07, 6.45) is 4.14. The number of carbonyl (C=O) groups is 1. The lowest BCUT2D eigenvalue weighted by Gasteiger charge is -2.13. The maximum atomic E-state index is 11.8. The fourth-order valence-electron chi connectivity index (χ4n) is 2.16. The molecule has 1 fully saturated rings. The van der Waals surface area contributed by atoms with E-state index < -0.39 is 0 Å². The van der Waals surface area contributed by atoms with Crippen LogP contribution in [0.4, 0.5) is 5.82 Å². The molecule has 2 N–H and O–H groups in total. The van der Waals surface area contributed by atoms with E-state index in [9.17, 15) is 4.79 Å². The maximum absolute atomic E-state index is 11.8. The second kappa shape index (κ2) is 8.24. The first-order chi connectivity index (χ1) is 9.16. The van der Waals surface area contributed by atoms with Crippen LogP contribution in [-0.2, 0) is 9.53 Å². The molecule has 114 valence electrons. The van der Waals surface area contributed by atoms with Gasteiger partial charge in [-0.3, -0.25) is 4.79 Å². The van der Waals surface area contributed by atoms with Gasteiger partial charge in [-0.05, 0) is 26.7 Å². The van der Waals surface area contributed by atoms with Crippen molar-refractivity contribution >= 4 is 24.1 Å². The normalized spacial score (nSPS) is 18.1. The predicted molar refractivity (Wildman–Crippen MR) is 80.3 cm³/mol. The number of rotatable bonds is 6. The molecular formula is C13H23ClN4O2. The molecule has 1 aromatic rings. The third-order valence-electron chi connectivity index (χ3n) is 3.11. The van der Waals surface area contributed by atoms with Crippen molar-refractivity contribution in [3.63, 3.8) is 0 Å². The lowest BCUT2D eigenvalue weighted by Crippen LogP contribution is -2.34. The molecule has 0 bridgehead atoms. The van der Waals surface area contributed by atoms with Crippen LogP contribution in [0.5, 0.6) is 0 Å². The Morgan fingerprint density at radius 2 is 2.40 bits per heavy atom. The summed E-state index contributed by atoms with van der Waals surface area (Å²) in [6.45, 7) is 5.92. The molecule has 0 aromatic carbocycles. The molecule has 1 aliphatic heterocycles. The van der Waals surface area contributed by atoms with Gasteiger partial charge in [0.25, 0.3) is 0 Å². The minimum absolute atomic E-state index is 0. The molecule has 1 unspecified atom stereocenters. The average molecular weight is 303 g/mol. The summed E-state index contributed by atoms with van der Waals surface area (Å²) in [6, 6.07) is 2.03. The van der Waals surface area contributed by atoms with Gasteiger partial charge in [0.15, 0.2) is 0 Å². The van der Waals surface area contributed by atoms with Crippen molar-refractivity contribution in [1.29, 1.82) is 0 Å². The fourth-order valence-corrected chi connectivity index (χ4v) is 2.16. The molecule has 1 aliphatic rings. The van der Waals surface area contributed by atoms with Gasteiger partial charge < -0.3 is 15.4 Å². The number of hydrogen-bond acceptors (Lipinski definition) is 4. The highest BCUT2D eigenvalue weighted by Gasteiger charge is 2.15. The summed E-state index contributed by atoms with van der Waals surface area (Å²) >= 11 is 0. The first-order valence-electron chi connectivity index (χ1n) is 6.82. The number of aromatic nitrogens is 2. The zero-order valence-corrected chi connectivity index (χ0v) is 12.8. The van der Waals surface area contributed by atoms with Gasteiger partial charge in [-0.1, -0.05) is 0 Å². The van der Waals surface area contributed by atoms with Crippen LogP contribution in [0.2, 0.25) is 0 Å². The SMILES string of the molecule is CC(C)n1nccc1NC(=O)CNCC1CCCO1.Cl. The molecule has 1 saturated heterocycles. The van der Waals surface area contributed by atoms with Crippen LogP contribution in [0.15, 0.2) is 12.3 Å². The summed E-state index contributed by atoms with van der Waals surface area (Å²) in [7, 11) is 0. The minimum Gasteiger partial charge on any atom is -0.377 e. The van der Waals surface area contributed by atoms with Gasteiger partial charge in [-0.25, -0.2) is 4.68 Å². The van der Waals surface area contributed by atoms with Crippen LogP contribution in [0, 0.1) is 0 Å².